The number of allylic oxidation sites excluding steroid dienone is 7. The van der Waals surface area contributed by atoms with Crippen molar-refractivity contribution >= 4 is 86.7 Å². The van der Waals surface area contributed by atoms with E-state index in [1.165, 1.54) is 31.5 Å². The molecular formula is C116H141N11O16. The van der Waals surface area contributed by atoms with Crippen LogP contribution in [0.1, 0.15) is 196 Å². The summed E-state index contributed by atoms with van der Waals surface area (Å²) in [5, 5.41) is 83.0. The Bertz CT molecular complexity index is 5720. The van der Waals surface area contributed by atoms with Crippen LogP contribution < -0.4 is 82.2 Å². The molecule has 1 aromatic heterocycles. The molecule has 0 saturated carbocycles. The molecule has 1 aliphatic heterocycles. The predicted molar refractivity (Wildman–Crippen MR) is 582 cm³/mol. The summed E-state index contributed by atoms with van der Waals surface area (Å²) >= 11 is 0. The lowest BCUT2D eigenvalue weighted by atomic mass is 10.1. The molecule has 143 heavy (non-hydrogen) atoms. The normalized spacial score (nSPS) is 11.4. The molecule has 0 atom stereocenters. The second-order valence-electron chi connectivity index (χ2n) is 32.8. The number of nitrogens with one attached hydrogen (secondary N) is 11. The molecule has 0 bridgehead atoms. The van der Waals surface area contributed by atoms with Gasteiger partial charge in [0.1, 0.15) is 28.7 Å². The van der Waals surface area contributed by atoms with Crippen LogP contribution in [-0.4, -0.2) is 128 Å². The molecule has 0 spiro atoms. The largest absolute Gasteiger partial charge is 0.478 e. The van der Waals surface area contributed by atoms with E-state index in [-0.39, 0.29) is 27.8 Å². The van der Waals surface area contributed by atoms with E-state index in [0.717, 1.165) is 115 Å². The third kappa shape index (κ3) is 41.1. The minimum Gasteiger partial charge on any atom is -0.478 e. The van der Waals surface area contributed by atoms with E-state index in [0.29, 0.717) is 141 Å². The van der Waals surface area contributed by atoms with Gasteiger partial charge in [-0.1, -0.05) is 231 Å². The minimum atomic E-state index is -0.974. The van der Waals surface area contributed by atoms with Gasteiger partial charge in [0, 0.05) is 66.0 Å². The maximum atomic E-state index is 11.7. The van der Waals surface area contributed by atoms with Gasteiger partial charge < -0.3 is 112 Å². The highest BCUT2D eigenvalue weighted by molar-refractivity contribution is 5.96. The fourth-order valence-electron chi connectivity index (χ4n) is 14.0. The highest BCUT2D eigenvalue weighted by atomic mass is 16.5. The lowest BCUT2D eigenvalue weighted by Gasteiger charge is -2.19. The summed E-state index contributed by atoms with van der Waals surface area (Å²) in [5.41, 5.74) is 10.1. The van der Waals surface area contributed by atoms with Gasteiger partial charge in [0.15, 0.2) is 28.7 Å². The van der Waals surface area contributed by atoms with Crippen molar-refractivity contribution in [2.24, 2.45) is 0 Å². The van der Waals surface area contributed by atoms with E-state index in [9.17, 15) is 49.5 Å². The molecule has 0 unspecified atom stereocenters. The molecule has 2 aliphatic carbocycles. The first-order valence-electron chi connectivity index (χ1n) is 49.2. The summed E-state index contributed by atoms with van der Waals surface area (Å²) in [7, 11) is 1.74. The van der Waals surface area contributed by atoms with Crippen molar-refractivity contribution in [2.75, 3.05) is 126 Å². The van der Waals surface area contributed by atoms with E-state index in [1.54, 1.807) is 80.2 Å². The molecule has 12 aromatic rings. The van der Waals surface area contributed by atoms with Crippen LogP contribution in [0.2, 0.25) is 0 Å². The summed E-state index contributed by atoms with van der Waals surface area (Å²) < 4.78 is 35.0. The van der Waals surface area contributed by atoms with Crippen molar-refractivity contribution in [3.63, 3.8) is 0 Å². The first kappa shape index (κ1) is 112. The molecule has 1 fully saturated rings. The molecule has 2 heterocycles. The highest BCUT2D eigenvalue weighted by Gasteiger charge is 2.24. The average Bonchev–Trinajstić information content (AvgIpc) is 1.17. The second kappa shape index (κ2) is 65.8. The summed E-state index contributed by atoms with van der Waals surface area (Å²) in [4.78, 5) is 57.5. The number of hydrogen-bond acceptors (Lipinski definition) is 22. The van der Waals surface area contributed by atoms with Crippen molar-refractivity contribution in [1.82, 2.24) is 5.32 Å². The van der Waals surface area contributed by atoms with Crippen LogP contribution in [0.4, 0.5) is 56.9 Å². The summed E-state index contributed by atoms with van der Waals surface area (Å²) in [6.45, 7) is 23.3. The number of furan rings is 1. The minimum absolute atomic E-state index is 0.208. The second-order valence-corrected chi connectivity index (χ2v) is 32.8. The molecule has 27 heteroatoms. The number of carboxylic acids is 5. The van der Waals surface area contributed by atoms with Crippen molar-refractivity contribution < 1.29 is 77.6 Å². The van der Waals surface area contributed by atoms with Crippen LogP contribution >= 0.6 is 0 Å². The number of rotatable bonds is 46. The van der Waals surface area contributed by atoms with Gasteiger partial charge in [-0.25, -0.2) is 24.0 Å². The molecule has 16 N–H and O–H groups in total. The predicted octanol–water partition coefficient (Wildman–Crippen LogP) is 28.9. The molecule has 11 aromatic carbocycles. The molecule has 756 valence electrons. The lowest BCUT2D eigenvalue weighted by Crippen LogP contribution is -2.10. The van der Waals surface area contributed by atoms with E-state index in [2.05, 4.69) is 134 Å². The van der Waals surface area contributed by atoms with Crippen LogP contribution in [0.25, 0.3) is 0 Å². The van der Waals surface area contributed by atoms with Gasteiger partial charge in [0.05, 0.1) is 97.2 Å². The Morgan fingerprint density at radius 2 is 0.566 bits per heavy atom. The van der Waals surface area contributed by atoms with Crippen molar-refractivity contribution in [3.05, 3.63) is 349 Å². The molecule has 15 rings (SSSR count). The zero-order chi connectivity index (χ0) is 102. The summed E-state index contributed by atoms with van der Waals surface area (Å²) in [5.74, 6) is 1.71. The van der Waals surface area contributed by atoms with Gasteiger partial charge in [0.25, 0.3) is 0 Å². The Kier molecular flexibility index (Phi) is 51.6. The van der Waals surface area contributed by atoms with Crippen LogP contribution in [0.15, 0.2) is 320 Å². The molecule has 0 radical (unpaired) electrons. The van der Waals surface area contributed by atoms with Crippen LogP contribution in [0.5, 0.6) is 57.5 Å². The van der Waals surface area contributed by atoms with E-state index < -0.39 is 29.8 Å². The topological polar surface area (TPSA) is 378 Å². The maximum Gasteiger partial charge on any atom is 0.335 e. The summed E-state index contributed by atoms with van der Waals surface area (Å²) in [6, 6.07) is 77.2. The van der Waals surface area contributed by atoms with Crippen LogP contribution in [0.3, 0.4) is 0 Å². The van der Waals surface area contributed by atoms with Crippen LogP contribution in [0, 0.1) is 0 Å². The molecule has 1 saturated heterocycles. The number of anilines is 10. The number of unbranched alkanes of at least 4 members (excludes halogenated alkanes) is 5. The number of para-hydroxylation sites is 5. The Morgan fingerprint density at radius 3 is 0.783 bits per heavy atom. The van der Waals surface area contributed by atoms with Gasteiger partial charge >= 0.3 is 29.8 Å². The quantitative estimate of drug-likeness (QED) is 0.0158. The third-order valence-electron chi connectivity index (χ3n) is 21.4. The first-order valence-corrected chi connectivity index (χ1v) is 49.2. The van der Waals surface area contributed by atoms with Gasteiger partial charge in [-0.05, 0) is 229 Å². The van der Waals surface area contributed by atoms with Crippen molar-refractivity contribution in [2.45, 2.75) is 145 Å². The van der Waals surface area contributed by atoms with Gasteiger partial charge in [0.2, 0.25) is 0 Å². The van der Waals surface area contributed by atoms with Gasteiger partial charge in [-0.15, -0.1) is 0 Å². The van der Waals surface area contributed by atoms with Gasteiger partial charge in [-0.2, -0.15) is 0 Å². The monoisotopic (exact) mass is 1940 g/mol. The zero-order valence-electron chi connectivity index (χ0n) is 83.3. The standard InChI is InChI=1S/C24H26N2O3.C23H26N2O3.2C19H24N2O3.C18H22N2O3.C5H6.C4H9N.C4H4O/c1-2-3-14-25-21-15-19(24(27)28)16-22(26-17-18-10-6-4-7-11-18)23(21)29-20-12-8-5-9-13-20;1-2-3-13-24-20-14-18(23(26)27)15-21(25-16-17-9-7-8-10-17)22(20)28-19-11-5-4-6-12-19;2*1-3-5-11-21-17-13-14(19(22)23)12-16(20-4-2)18(17)24-15-9-7-6-8-10-15;1-3-4-10-20-16-12-13(18(21)22)11-15(19-2)17(16)23-14-8-6-5-7-9-14;3*1-2-4-5-3-1/h4-13,15-16,25-26H,2-3,14,17H2,1H3,(H,27,28);4-9,11-12,14-15,24-25H,2-3,10,13,16H2,1H3,(H,26,27);2*6-10,12-13,20-21H,3-5,11H2,1-2H3,(H,22,23);5-9,11-12,19-20H,3-4,10H2,1-2H3,(H,21,22);1-4H,5H2;5H,1-4H2;1-4H. The number of aromatic carboxylic acids is 5. The number of carboxylic acid groups (broad SMARTS) is 5. The Labute approximate surface area is 841 Å². The summed E-state index contributed by atoms with van der Waals surface area (Å²) in [6.07, 6.45) is 32.9. The lowest BCUT2D eigenvalue weighted by molar-refractivity contribution is 0.0686. The number of ether oxygens (including phenoxy) is 5. The number of benzene rings is 11. The fourth-order valence-corrected chi connectivity index (χ4v) is 14.0. The van der Waals surface area contributed by atoms with Crippen LogP contribution in [-0.2, 0) is 6.54 Å². The highest BCUT2D eigenvalue weighted by Crippen LogP contribution is 2.45. The van der Waals surface area contributed by atoms with Crippen molar-refractivity contribution in [1.29, 1.82) is 0 Å². The fraction of sp³-hybridized carbons (Fsp3) is 0.284. The van der Waals surface area contributed by atoms with E-state index in [1.807, 2.05) is 214 Å². The zero-order valence-corrected chi connectivity index (χ0v) is 83.3. The first-order chi connectivity index (χ1) is 69.8. The smallest absolute Gasteiger partial charge is 0.335 e. The number of hydrogen-bond donors (Lipinski definition) is 16. The molecule has 0 amide bonds. The maximum absolute atomic E-state index is 11.7. The molecular weight excluding hydrogens is 1800 g/mol. The molecule has 27 nitrogen and oxygen atoms in total. The third-order valence-corrected chi connectivity index (χ3v) is 21.4. The number of carbonyl (C=O) groups is 5. The van der Waals surface area contributed by atoms with Gasteiger partial charge in [-0.3, -0.25) is 0 Å². The Hall–Kier alpha value is -16.0. The van der Waals surface area contributed by atoms with Crippen molar-refractivity contribution in [3.8, 4) is 57.5 Å². The molecule has 3 aliphatic rings. The SMILES string of the molecule is C1=CCC=C1.C1CCNC1.CCCCNc1cc(C(=O)O)cc(NC)c1Oc1ccccc1.CCCCNc1cc(C(=O)O)cc(NCC)c1Oc1ccccc1.CCCCNc1cc(C(=O)O)cc(NCC)c1Oc1ccccc1.CCCCNc1cc(C(=O)O)cc(NCC2=CC=CC2)c1Oc1ccccc1.CCCCNc1cc(C(=O)O)cc(NCc2ccccc2)c1Oc1ccccc1.c1ccoc1. The Balaban J connectivity index is 0.000000210. The van der Waals surface area contributed by atoms with E-state index in [4.69, 9.17) is 23.7 Å². The average molecular weight is 1950 g/mol. The van der Waals surface area contributed by atoms with E-state index >= 15 is 0 Å². The Morgan fingerprint density at radius 1 is 0.308 bits per heavy atom.